The summed E-state index contributed by atoms with van der Waals surface area (Å²) in [5.74, 6) is -2.27. The van der Waals surface area contributed by atoms with Crippen LogP contribution in [-0.2, 0) is 9.59 Å². The van der Waals surface area contributed by atoms with Crippen LogP contribution in [0, 0.1) is 6.92 Å². The quantitative estimate of drug-likeness (QED) is 0.658. The van der Waals surface area contributed by atoms with Crippen molar-refractivity contribution in [2.75, 3.05) is 0 Å². The average Bonchev–Trinajstić information content (AvgIpc) is 2.50. The van der Waals surface area contributed by atoms with E-state index in [2.05, 4.69) is 4.99 Å². The van der Waals surface area contributed by atoms with E-state index in [9.17, 15) is 14.7 Å². The van der Waals surface area contributed by atoms with Crippen molar-refractivity contribution < 1.29 is 21.2 Å². The van der Waals surface area contributed by atoms with Gasteiger partial charge in [0.25, 0.3) is 0 Å². The Balaban J connectivity index is 2.40. The number of hydrogen-bond acceptors (Lipinski definition) is 4. The summed E-state index contributed by atoms with van der Waals surface area (Å²) in [4.78, 5) is 26.7. The molecule has 6 heteroatoms. The third kappa shape index (κ3) is 3.62. The van der Waals surface area contributed by atoms with Crippen LogP contribution in [-0.4, -0.2) is 28.2 Å². The lowest BCUT2D eigenvalue weighted by Gasteiger charge is -2.12. The number of halogens is 1. The molecule has 114 valence electrons. The average molecular weight is 321 g/mol. The Bertz CT molecular complexity index is 780. The van der Waals surface area contributed by atoms with Gasteiger partial charge >= 0.3 is 5.97 Å². The zero-order valence-corrected chi connectivity index (χ0v) is 12.5. The van der Waals surface area contributed by atoms with Crippen molar-refractivity contribution in [3.8, 4) is 0 Å². The number of aliphatic hydroxyl groups is 1. The zero-order valence-electron chi connectivity index (χ0n) is 12.8. The molecular formula is C16H14ClNO4. The molecule has 1 heterocycles. The lowest BCUT2D eigenvalue weighted by molar-refractivity contribution is -0.137. The number of rotatable bonds is 4. The van der Waals surface area contributed by atoms with Crippen molar-refractivity contribution >= 4 is 35.1 Å². The van der Waals surface area contributed by atoms with E-state index in [1.54, 1.807) is 18.2 Å². The molecule has 0 atom stereocenters. The van der Waals surface area contributed by atoms with E-state index in [4.69, 9.17) is 18.1 Å². The number of nitrogens with zero attached hydrogens (tertiary/aromatic N) is 1. The molecule has 0 radical (unpaired) electrons. The third-order valence-corrected chi connectivity index (χ3v) is 3.36. The van der Waals surface area contributed by atoms with E-state index in [0.717, 1.165) is 5.56 Å². The first-order chi connectivity index (χ1) is 10.8. The summed E-state index contributed by atoms with van der Waals surface area (Å²) in [5, 5.41) is 18.9. The van der Waals surface area contributed by atoms with E-state index in [1.807, 2.05) is 6.92 Å². The number of carbonyl (C=O) groups excluding carboxylic acids is 1. The maximum Gasteiger partial charge on any atom is 0.303 e. The van der Waals surface area contributed by atoms with Crippen LogP contribution in [0.3, 0.4) is 0 Å². The molecule has 0 amide bonds. The summed E-state index contributed by atoms with van der Waals surface area (Å²) in [6.07, 6.45) is 0.775. The highest BCUT2D eigenvalue weighted by Gasteiger charge is 2.19. The summed E-state index contributed by atoms with van der Waals surface area (Å²) in [5.41, 5.74) is 1.46. The summed E-state index contributed by atoms with van der Waals surface area (Å²) >= 11 is 5.95. The summed E-state index contributed by atoms with van der Waals surface area (Å²) in [6, 6.07) is 4.79. The topological polar surface area (TPSA) is 87.0 Å². The smallest absolute Gasteiger partial charge is 0.303 e. The molecule has 2 rings (SSSR count). The van der Waals surface area contributed by atoms with Crippen LogP contribution >= 0.6 is 11.6 Å². The second-order valence-electron chi connectivity index (χ2n) is 4.77. The highest BCUT2D eigenvalue weighted by molar-refractivity contribution is 6.31. The van der Waals surface area contributed by atoms with Crippen molar-refractivity contribution in [1.82, 2.24) is 0 Å². The Morgan fingerprint density at radius 3 is 2.77 bits per heavy atom. The van der Waals surface area contributed by atoms with Gasteiger partial charge in [-0.25, -0.2) is 4.99 Å². The molecule has 0 saturated heterocycles. The van der Waals surface area contributed by atoms with Crippen molar-refractivity contribution in [1.29, 1.82) is 0 Å². The van der Waals surface area contributed by atoms with Crippen LogP contribution in [0.25, 0.3) is 5.57 Å². The van der Waals surface area contributed by atoms with Crippen LogP contribution in [0.1, 0.15) is 25.3 Å². The molecule has 0 aromatic heterocycles. The number of benzene rings is 1. The SMILES string of the molecule is [2H]C1=C(c2cc(Cl)ccc2C)C=NC(=C(O)CCC(=O)O)C1=O. The van der Waals surface area contributed by atoms with Crippen LogP contribution < -0.4 is 0 Å². The van der Waals surface area contributed by atoms with Gasteiger partial charge in [-0.2, -0.15) is 0 Å². The first-order valence-electron chi connectivity index (χ1n) is 7.01. The summed E-state index contributed by atoms with van der Waals surface area (Å²) in [7, 11) is 0. The number of aliphatic hydroxyl groups excluding tert-OH is 1. The van der Waals surface area contributed by atoms with E-state index in [0.29, 0.717) is 16.2 Å². The van der Waals surface area contributed by atoms with Gasteiger partial charge in [-0.3, -0.25) is 9.59 Å². The Hall–Kier alpha value is -2.40. The number of allylic oxidation sites excluding steroid dienone is 3. The molecule has 0 bridgehead atoms. The highest BCUT2D eigenvalue weighted by atomic mass is 35.5. The van der Waals surface area contributed by atoms with Crippen LogP contribution in [0.2, 0.25) is 5.02 Å². The summed E-state index contributed by atoms with van der Waals surface area (Å²) in [6.45, 7) is 1.82. The molecule has 0 saturated carbocycles. The first-order valence-corrected chi connectivity index (χ1v) is 6.89. The molecule has 2 N–H and O–H groups in total. The summed E-state index contributed by atoms with van der Waals surface area (Å²) < 4.78 is 8.01. The molecule has 1 aliphatic heterocycles. The van der Waals surface area contributed by atoms with Gasteiger partial charge < -0.3 is 10.2 Å². The van der Waals surface area contributed by atoms with E-state index < -0.39 is 17.5 Å². The monoisotopic (exact) mass is 320 g/mol. The number of dihydropyridines is 1. The number of carboxylic acids is 1. The number of hydrogen-bond donors (Lipinski definition) is 2. The Labute approximate surface area is 133 Å². The molecule has 1 aromatic rings. The number of aliphatic imine (C=N–C) groups is 1. The van der Waals surface area contributed by atoms with Gasteiger partial charge in [0.15, 0.2) is 0 Å². The molecule has 1 aliphatic rings. The lowest BCUT2D eigenvalue weighted by atomic mass is 9.98. The van der Waals surface area contributed by atoms with Gasteiger partial charge in [0.2, 0.25) is 5.78 Å². The van der Waals surface area contributed by atoms with Crippen molar-refractivity contribution in [2.45, 2.75) is 19.8 Å². The largest absolute Gasteiger partial charge is 0.510 e. The number of aliphatic carboxylic acids is 1. The maximum atomic E-state index is 12.2. The fourth-order valence-electron chi connectivity index (χ4n) is 1.97. The Kier molecular flexibility index (Phi) is 4.34. The standard InChI is InChI=1S/C16H14ClNO4/c1-9-2-3-11(17)7-12(9)10-6-14(20)16(18-8-10)13(19)4-5-15(21)22/h2-3,6-8,19H,4-5H2,1H3,(H,21,22)/i6D. The van der Waals surface area contributed by atoms with Gasteiger partial charge in [-0.05, 0) is 36.2 Å². The molecule has 0 spiro atoms. The maximum absolute atomic E-state index is 12.2. The predicted molar refractivity (Wildman–Crippen MR) is 84.2 cm³/mol. The Morgan fingerprint density at radius 2 is 2.09 bits per heavy atom. The molecule has 1 aromatic carbocycles. The van der Waals surface area contributed by atoms with E-state index in [1.165, 1.54) is 6.21 Å². The van der Waals surface area contributed by atoms with Crippen LogP contribution in [0.15, 0.2) is 40.7 Å². The van der Waals surface area contributed by atoms with Gasteiger partial charge in [0.1, 0.15) is 11.5 Å². The molecule has 22 heavy (non-hydrogen) atoms. The van der Waals surface area contributed by atoms with Crippen LogP contribution in [0.5, 0.6) is 0 Å². The van der Waals surface area contributed by atoms with Gasteiger partial charge in [0.05, 0.1) is 7.79 Å². The number of ketones is 1. The predicted octanol–water partition coefficient (Wildman–Crippen LogP) is 3.32. The van der Waals surface area contributed by atoms with Crippen molar-refractivity contribution in [3.05, 3.63) is 51.9 Å². The van der Waals surface area contributed by atoms with E-state index >= 15 is 0 Å². The van der Waals surface area contributed by atoms with Gasteiger partial charge in [-0.1, -0.05) is 17.7 Å². The fourth-order valence-corrected chi connectivity index (χ4v) is 2.14. The normalized spacial score (nSPS) is 17.5. The Morgan fingerprint density at radius 1 is 1.36 bits per heavy atom. The highest BCUT2D eigenvalue weighted by Crippen LogP contribution is 2.25. The first kappa shape index (κ1) is 14.5. The fraction of sp³-hybridized carbons (Fsp3) is 0.188. The molecule has 0 fully saturated rings. The van der Waals surface area contributed by atoms with E-state index in [-0.39, 0.29) is 24.6 Å². The van der Waals surface area contributed by atoms with Crippen LogP contribution in [0.4, 0.5) is 0 Å². The molecule has 0 unspecified atom stereocenters. The van der Waals surface area contributed by atoms with Crippen molar-refractivity contribution in [3.63, 3.8) is 0 Å². The second kappa shape index (κ2) is 6.58. The molecule has 0 aliphatic carbocycles. The zero-order chi connectivity index (χ0) is 17.1. The number of aryl methyl sites for hydroxylation is 1. The lowest BCUT2D eigenvalue weighted by Crippen LogP contribution is -2.09. The third-order valence-electron chi connectivity index (χ3n) is 3.12. The minimum absolute atomic E-state index is 0.216. The van der Waals surface area contributed by atoms with Crippen molar-refractivity contribution in [2.24, 2.45) is 4.99 Å². The minimum atomic E-state index is -1.10. The minimum Gasteiger partial charge on any atom is -0.510 e. The molecular weight excluding hydrogens is 306 g/mol. The molecule has 5 nitrogen and oxygen atoms in total. The number of carbonyl (C=O) groups is 2. The second-order valence-corrected chi connectivity index (χ2v) is 5.21. The number of carboxylic acid groups (broad SMARTS) is 1. The van der Waals surface area contributed by atoms with Gasteiger partial charge in [0, 0.05) is 23.2 Å². The van der Waals surface area contributed by atoms with Gasteiger partial charge in [-0.15, -0.1) is 0 Å².